The maximum Gasteiger partial charge on any atom is 2.00 e. The average Bonchev–Trinajstić information content (AvgIpc) is 1.28. The largest absolute Gasteiger partial charge is 2.00 e. The van der Waals surface area contributed by atoms with Crippen LogP contribution < -0.4 is 52.1 Å². The van der Waals surface area contributed by atoms with Gasteiger partial charge in [0.15, 0.2) is 0 Å². The van der Waals surface area contributed by atoms with E-state index in [1.54, 1.807) is 5.01 Å². The molecule has 12 nitrogen and oxygen atoms in total. The van der Waals surface area contributed by atoms with Gasteiger partial charge in [-0.1, -0.05) is 167 Å². The van der Waals surface area contributed by atoms with Gasteiger partial charge in [-0.2, -0.15) is 40.3 Å². The fraction of sp³-hybridized carbons (Fsp3) is 0.0583. The molecule has 24 rings (SSSR count). The molecule has 12 heterocycles. The fourth-order valence-corrected chi connectivity index (χ4v) is 18.5. The number of rotatable bonds is 6. The number of hydrogen-bond acceptors (Lipinski definition) is 11. The van der Waals surface area contributed by atoms with Crippen molar-refractivity contribution in [1.29, 1.82) is 0 Å². The van der Waals surface area contributed by atoms with Crippen LogP contribution in [-0.4, -0.2) is 68.7 Å². The van der Waals surface area contributed by atoms with Gasteiger partial charge in [-0.15, -0.1) is 175 Å². The topological polar surface area (TPSA) is 97.9 Å². The second kappa shape index (κ2) is 31.8. The number of aryl methyl sites for hydroxylation is 5. The van der Waals surface area contributed by atoms with Crippen LogP contribution in [0.3, 0.4) is 0 Å². The van der Waals surface area contributed by atoms with Gasteiger partial charge in [0.1, 0.15) is 0 Å². The van der Waals surface area contributed by atoms with Crippen LogP contribution in [0.5, 0.6) is 0 Å². The molecular formula is C103H70B3N12Pd3-3. The van der Waals surface area contributed by atoms with E-state index in [-0.39, 0.29) is 81.8 Å². The number of benzene rings is 12. The number of anilines is 7. The van der Waals surface area contributed by atoms with Gasteiger partial charge in [0.2, 0.25) is 0 Å². The van der Waals surface area contributed by atoms with Crippen LogP contribution in [0.1, 0.15) is 28.1 Å². The number of pyridine rings is 4. The van der Waals surface area contributed by atoms with E-state index in [2.05, 4.69) is 346 Å². The van der Waals surface area contributed by atoms with Crippen LogP contribution in [0.4, 0.5) is 39.8 Å². The van der Waals surface area contributed by atoms with Crippen LogP contribution in [-0.2, 0) is 61.3 Å². The predicted molar refractivity (Wildman–Crippen MR) is 483 cm³/mol. The minimum absolute atomic E-state index is 0. The van der Waals surface area contributed by atoms with Crippen molar-refractivity contribution >= 4 is 99.5 Å². The van der Waals surface area contributed by atoms with Gasteiger partial charge in [0.25, 0.3) is 20.5 Å². The SMILES string of the molecule is CN1[CH-]N(c2[c-]c3c(cc2)-c2ccccc2N2B3c3[c-]c(-c4ccccn4)ccc3-c3ccccc32)C=N1.Cc1ccnc(-c2[c-]c3c(cc2)-c2ccccc2N2B3c3[c-]c(-c4cc(C)ccn4)ccc3-c3ccccc32)c1.Cc1ccnc(-c2[c-]c3c(cc2)-c2ccccc2N2B3c3[c-]c(-n4nc(C)cc4C)ccc3-c3ccccc32)c1.[Pd+2].[Pd+2].[Pd]. The first-order valence-electron chi connectivity index (χ1n) is 39.9. The van der Waals surface area contributed by atoms with E-state index in [4.69, 9.17) is 5.10 Å². The average molecular weight is 1830 g/mol. The number of hydrazone groups is 1. The van der Waals surface area contributed by atoms with Gasteiger partial charge in [-0.3, -0.25) is 4.68 Å². The van der Waals surface area contributed by atoms with Gasteiger partial charge in [-0.05, 0) is 159 Å². The van der Waals surface area contributed by atoms with Crippen LogP contribution >= 0.6 is 0 Å². The quantitative estimate of drug-likeness (QED) is 0.118. The Balaban J connectivity index is 0.000000118. The first-order valence-corrected chi connectivity index (χ1v) is 39.9. The monoisotopic (exact) mass is 1830 g/mol. The Morgan fingerprint density at radius 3 is 0.917 bits per heavy atom. The van der Waals surface area contributed by atoms with Crippen LogP contribution in [0, 0.1) is 77.7 Å². The molecule has 0 bridgehead atoms. The first kappa shape index (κ1) is 78.2. The summed E-state index contributed by atoms with van der Waals surface area (Å²) in [5, 5.41) is 10.9. The zero-order chi connectivity index (χ0) is 79.0. The Hall–Kier alpha value is -12.7. The number of nitrogens with zero attached hydrogens (tertiary/aromatic N) is 12. The molecule has 0 saturated carbocycles. The molecule has 0 radical (unpaired) electrons. The van der Waals surface area contributed by atoms with Crippen LogP contribution in [0.25, 0.3) is 117 Å². The zero-order valence-corrected chi connectivity index (χ0v) is 71.2. The molecule has 0 amide bonds. The molecule has 0 spiro atoms. The summed E-state index contributed by atoms with van der Waals surface area (Å²) < 4.78 is 1.99. The van der Waals surface area contributed by atoms with E-state index in [0.717, 1.165) is 101 Å². The molecule has 7 aliphatic rings. The molecule has 12 aromatic carbocycles. The van der Waals surface area contributed by atoms with Crippen LogP contribution in [0.2, 0.25) is 0 Å². The second-order valence-electron chi connectivity index (χ2n) is 31.1. The van der Waals surface area contributed by atoms with Gasteiger partial charge in [-0.25, -0.2) is 5.10 Å². The first-order chi connectivity index (χ1) is 58.0. The molecule has 0 N–H and O–H groups in total. The number of para-hydroxylation sites is 6. The summed E-state index contributed by atoms with van der Waals surface area (Å²) in [5.74, 6) is 0. The summed E-state index contributed by atoms with van der Waals surface area (Å²) in [6.45, 7) is 12.1. The minimum Gasteiger partial charge on any atom is -0.483 e. The molecule has 584 valence electrons. The molecule has 121 heavy (non-hydrogen) atoms. The predicted octanol–water partition coefficient (Wildman–Crippen LogP) is 18.4. The molecule has 7 aliphatic heterocycles. The molecule has 5 aromatic heterocycles. The Kier molecular flexibility index (Phi) is 20.5. The van der Waals surface area contributed by atoms with E-state index in [1.165, 1.54) is 118 Å². The number of aromatic nitrogens is 6. The molecule has 0 aliphatic carbocycles. The van der Waals surface area contributed by atoms with E-state index < -0.39 is 0 Å². The fourth-order valence-electron chi connectivity index (χ4n) is 18.5. The summed E-state index contributed by atoms with van der Waals surface area (Å²) in [6.07, 6.45) is 9.28. The second-order valence-corrected chi connectivity index (χ2v) is 31.1. The molecule has 0 atom stereocenters. The van der Waals surface area contributed by atoms with Crippen molar-refractivity contribution in [2.75, 3.05) is 26.4 Å². The Bertz CT molecular complexity index is 6880. The summed E-state index contributed by atoms with van der Waals surface area (Å²) >= 11 is 0. The third-order valence-electron chi connectivity index (χ3n) is 23.6. The van der Waals surface area contributed by atoms with Crippen molar-refractivity contribution in [3.63, 3.8) is 0 Å². The van der Waals surface area contributed by atoms with Crippen molar-refractivity contribution < 1.29 is 61.3 Å². The molecule has 0 unspecified atom stereocenters. The van der Waals surface area contributed by atoms with E-state index in [0.29, 0.717) is 0 Å². The van der Waals surface area contributed by atoms with Gasteiger partial charge in [0.05, 0.1) is 12.0 Å². The van der Waals surface area contributed by atoms with Crippen molar-refractivity contribution in [3.8, 4) is 117 Å². The van der Waals surface area contributed by atoms with Crippen molar-refractivity contribution in [2.45, 2.75) is 34.6 Å². The van der Waals surface area contributed by atoms with Crippen molar-refractivity contribution in [2.24, 2.45) is 5.10 Å². The van der Waals surface area contributed by atoms with Gasteiger partial charge >= 0.3 is 40.8 Å². The maximum atomic E-state index is 4.78. The normalized spacial score (nSPS) is 13.0. The molecule has 17 aromatic rings. The van der Waals surface area contributed by atoms with Crippen molar-refractivity contribution in [1.82, 2.24) is 34.7 Å². The van der Waals surface area contributed by atoms with Gasteiger partial charge < -0.3 is 44.3 Å². The standard InChI is InChI=1S/C36H24BN3.C35H25BN4.C32H21BN5.3Pd/c1-23-15-17-38-33(19-23)25-11-13-27-29-7-3-5-9-35(29)40-36-10-6-4-8-30(36)28-14-12-26(34-20-24(2)16-18-39-34)22-32(28)37(40)31(27)21-25;1-22-16-17-37-33(18-22)25-12-14-27-29-8-4-6-10-34(29)39-35-11-7-5-9-30(35)28-15-13-26(40-24(3)19-23(2)38-40)21-32(28)36(39)31(27)20-25;1-36-21-37(20-35-36)23-14-16-25-27-9-3-5-12-32(27)38-31-11-4-2-8-26(31)24-15-13-22(30-10-6-7-17-34-30)18-28(24)33(38)29(25)19-23;;;/h3-20H,1-2H3;4-19H,1-3H3;2-17,20-21H,1H3;;;/q2*-2;-3;;2*+2. The van der Waals surface area contributed by atoms with Gasteiger partial charge in [0, 0.05) is 85.0 Å². The Morgan fingerprint density at radius 2 is 0.603 bits per heavy atom. The smallest absolute Gasteiger partial charge is 0.483 e. The van der Waals surface area contributed by atoms with E-state index >= 15 is 0 Å². The Morgan fingerprint density at radius 1 is 0.298 bits per heavy atom. The van der Waals surface area contributed by atoms with E-state index in [1.807, 2.05) is 97.7 Å². The third kappa shape index (κ3) is 13.4. The molecular weight excluding hydrogens is 1760 g/mol. The summed E-state index contributed by atoms with van der Waals surface area (Å²) in [5.41, 5.74) is 43.6. The summed E-state index contributed by atoms with van der Waals surface area (Å²) in [7, 11) is 1.93. The summed E-state index contributed by atoms with van der Waals surface area (Å²) in [4.78, 5) is 28.1. The number of hydrogen-bond donors (Lipinski definition) is 0. The molecule has 18 heteroatoms. The number of fused-ring (bicyclic) bond motifs is 33. The summed E-state index contributed by atoms with van der Waals surface area (Å²) in [6, 6.07) is 122. The molecule has 0 saturated heterocycles. The molecule has 0 fully saturated rings. The maximum absolute atomic E-state index is 4.78. The minimum atomic E-state index is -0.100. The zero-order valence-electron chi connectivity index (χ0n) is 66.6. The van der Waals surface area contributed by atoms with E-state index in [9.17, 15) is 0 Å². The Labute approximate surface area is 747 Å². The van der Waals surface area contributed by atoms with Crippen molar-refractivity contribution in [3.05, 3.63) is 375 Å². The third-order valence-corrected chi connectivity index (χ3v) is 23.6. The van der Waals surface area contributed by atoms with Crippen LogP contribution in [0.15, 0.2) is 309 Å².